The van der Waals surface area contributed by atoms with Gasteiger partial charge in [-0.3, -0.25) is 4.79 Å². The van der Waals surface area contributed by atoms with Crippen LogP contribution in [-0.2, 0) is 4.79 Å². The highest BCUT2D eigenvalue weighted by atomic mass is 35.5. The molecular formula is C11H11ClO3. The number of methoxy groups -OCH3 is 2. The van der Waals surface area contributed by atoms with Crippen molar-refractivity contribution < 1.29 is 14.3 Å². The van der Waals surface area contributed by atoms with Gasteiger partial charge in [0.1, 0.15) is 0 Å². The number of hydrogen-bond donors (Lipinski definition) is 0. The van der Waals surface area contributed by atoms with Gasteiger partial charge < -0.3 is 9.47 Å². The van der Waals surface area contributed by atoms with E-state index in [0.29, 0.717) is 11.5 Å². The maximum atomic E-state index is 10.5. The predicted octanol–water partition coefficient (Wildman–Crippen LogP) is 2.48. The van der Waals surface area contributed by atoms with Crippen LogP contribution in [0.15, 0.2) is 24.3 Å². The summed E-state index contributed by atoms with van der Waals surface area (Å²) in [5.41, 5.74) is 0.821. The van der Waals surface area contributed by atoms with E-state index >= 15 is 0 Å². The monoisotopic (exact) mass is 226 g/mol. The lowest BCUT2D eigenvalue weighted by molar-refractivity contribution is -0.107. The van der Waals surface area contributed by atoms with Crippen LogP contribution in [0, 0.1) is 0 Å². The highest BCUT2D eigenvalue weighted by Gasteiger charge is 2.02. The lowest BCUT2D eigenvalue weighted by atomic mass is 10.2. The molecule has 1 aromatic carbocycles. The first-order valence-electron chi connectivity index (χ1n) is 4.27. The molecule has 4 heteroatoms. The quantitative estimate of drug-likeness (QED) is 0.585. The normalized spacial score (nSPS) is 10.3. The molecular weight excluding hydrogens is 216 g/mol. The molecule has 0 saturated carbocycles. The van der Waals surface area contributed by atoms with E-state index in [9.17, 15) is 4.79 Å². The highest BCUT2D eigenvalue weighted by molar-refractivity contribution is 6.66. The van der Waals surface area contributed by atoms with Crippen LogP contribution in [0.25, 0.3) is 6.08 Å². The van der Waals surface area contributed by atoms with Crippen molar-refractivity contribution in [1.29, 1.82) is 0 Å². The molecule has 0 radical (unpaired) electrons. The van der Waals surface area contributed by atoms with Crippen molar-refractivity contribution in [3.05, 3.63) is 29.8 Å². The first-order valence-corrected chi connectivity index (χ1v) is 4.64. The first kappa shape index (κ1) is 11.6. The predicted molar refractivity (Wildman–Crippen MR) is 59.4 cm³/mol. The van der Waals surface area contributed by atoms with Gasteiger partial charge in [0, 0.05) is 0 Å². The molecule has 0 amide bonds. The summed E-state index contributed by atoms with van der Waals surface area (Å²) in [6.45, 7) is 0. The topological polar surface area (TPSA) is 35.5 Å². The fourth-order valence-electron chi connectivity index (χ4n) is 1.12. The summed E-state index contributed by atoms with van der Waals surface area (Å²) in [5.74, 6) is 1.26. The van der Waals surface area contributed by atoms with Gasteiger partial charge in [-0.1, -0.05) is 12.1 Å². The minimum atomic E-state index is -0.509. The number of ether oxygens (including phenoxy) is 2. The van der Waals surface area contributed by atoms with Crippen molar-refractivity contribution in [3.8, 4) is 11.5 Å². The van der Waals surface area contributed by atoms with Gasteiger partial charge in [0.15, 0.2) is 11.5 Å². The standard InChI is InChI=1S/C11H11ClO3/c1-14-9-5-3-8(4-6-11(12)13)7-10(9)15-2/h3-7H,1-2H3. The summed E-state index contributed by atoms with van der Waals surface area (Å²) >= 11 is 5.18. The molecule has 80 valence electrons. The third-order valence-corrected chi connectivity index (χ3v) is 1.94. The average Bonchev–Trinajstić information content (AvgIpc) is 2.25. The second kappa shape index (κ2) is 5.41. The Morgan fingerprint density at radius 2 is 1.93 bits per heavy atom. The maximum absolute atomic E-state index is 10.5. The van der Waals surface area contributed by atoms with Crippen LogP contribution in [0.5, 0.6) is 11.5 Å². The number of carbonyl (C=O) groups excluding carboxylic acids is 1. The smallest absolute Gasteiger partial charge is 0.245 e. The van der Waals surface area contributed by atoms with Crippen LogP contribution in [0.4, 0.5) is 0 Å². The molecule has 0 bridgehead atoms. The second-order valence-electron chi connectivity index (χ2n) is 2.75. The third-order valence-electron chi connectivity index (χ3n) is 1.81. The van der Waals surface area contributed by atoms with Crippen molar-refractivity contribution in [1.82, 2.24) is 0 Å². The zero-order chi connectivity index (χ0) is 11.3. The summed E-state index contributed by atoms with van der Waals surface area (Å²) in [6, 6.07) is 5.32. The molecule has 1 aromatic rings. The second-order valence-corrected chi connectivity index (χ2v) is 3.12. The summed E-state index contributed by atoms with van der Waals surface area (Å²) in [4.78, 5) is 10.5. The van der Waals surface area contributed by atoms with Gasteiger partial charge in [-0.05, 0) is 35.4 Å². The molecule has 0 spiro atoms. The van der Waals surface area contributed by atoms with Crippen molar-refractivity contribution >= 4 is 22.9 Å². The summed E-state index contributed by atoms with van der Waals surface area (Å²) in [5, 5.41) is -0.509. The van der Waals surface area contributed by atoms with Gasteiger partial charge in [-0.2, -0.15) is 0 Å². The van der Waals surface area contributed by atoms with Crippen molar-refractivity contribution in [2.75, 3.05) is 14.2 Å². The van der Waals surface area contributed by atoms with Crippen molar-refractivity contribution in [3.63, 3.8) is 0 Å². The highest BCUT2D eigenvalue weighted by Crippen LogP contribution is 2.27. The van der Waals surface area contributed by atoms with E-state index in [-0.39, 0.29) is 0 Å². The van der Waals surface area contributed by atoms with Crippen LogP contribution < -0.4 is 9.47 Å². The lowest BCUT2D eigenvalue weighted by Crippen LogP contribution is -1.90. The molecule has 0 heterocycles. The molecule has 0 aliphatic rings. The van der Waals surface area contributed by atoms with Crippen LogP contribution in [0.1, 0.15) is 5.56 Å². The zero-order valence-corrected chi connectivity index (χ0v) is 9.25. The first-order chi connectivity index (χ1) is 7.17. The summed E-state index contributed by atoms with van der Waals surface area (Å²) < 4.78 is 10.2. The number of benzene rings is 1. The Labute approximate surface area is 93.3 Å². The van der Waals surface area contributed by atoms with Gasteiger partial charge in [0.05, 0.1) is 14.2 Å². The van der Waals surface area contributed by atoms with E-state index in [2.05, 4.69) is 0 Å². The molecule has 0 aromatic heterocycles. The maximum Gasteiger partial charge on any atom is 0.245 e. The molecule has 0 aliphatic heterocycles. The fourth-order valence-corrected chi connectivity index (χ4v) is 1.18. The number of carbonyl (C=O) groups is 1. The molecule has 3 nitrogen and oxygen atoms in total. The van der Waals surface area contributed by atoms with E-state index in [1.807, 2.05) is 0 Å². The van der Waals surface area contributed by atoms with Gasteiger partial charge >= 0.3 is 0 Å². The minimum Gasteiger partial charge on any atom is -0.493 e. The zero-order valence-electron chi connectivity index (χ0n) is 8.49. The lowest BCUT2D eigenvalue weighted by Gasteiger charge is -2.07. The molecule has 0 unspecified atom stereocenters. The van der Waals surface area contributed by atoms with E-state index in [1.165, 1.54) is 6.08 Å². The van der Waals surface area contributed by atoms with Crippen molar-refractivity contribution in [2.24, 2.45) is 0 Å². The fraction of sp³-hybridized carbons (Fsp3) is 0.182. The van der Waals surface area contributed by atoms with E-state index in [4.69, 9.17) is 21.1 Å². The molecule has 1 rings (SSSR count). The van der Waals surface area contributed by atoms with E-state index < -0.39 is 5.24 Å². The van der Waals surface area contributed by atoms with Gasteiger partial charge in [0.2, 0.25) is 5.24 Å². The van der Waals surface area contributed by atoms with Gasteiger partial charge in [-0.25, -0.2) is 0 Å². The molecule has 0 N–H and O–H groups in total. The van der Waals surface area contributed by atoms with Crippen LogP contribution >= 0.6 is 11.6 Å². The van der Waals surface area contributed by atoms with Crippen LogP contribution in [0.3, 0.4) is 0 Å². The number of hydrogen-bond acceptors (Lipinski definition) is 3. The summed E-state index contributed by atoms with van der Waals surface area (Å²) in [6.07, 6.45) is 2.89. The number of halogens is 1. The Morgan fingerprint density at radius 1 is 1.27 bits per heavy atom. The Kier molecular flexibility index (Phi) is 4.18. The van der Waals surface area contributed by atoms with Gasteiger partial charge in [0.25, 0.3) is 0 Å². The molecule has 0 atom stereocenters. The third kappa shape index (κ3) is 3.29. The Morgan fingerprint density at radius 3 is 2.47 bits per heavy atom. The van der Waals surface area contributed by atoms with E-state index in [0.717, 1.165) is 5.56 Å². The van der Waals surface area contributed by atoms with Crippen LogP contribution in [0.2, 0.25) is 0 Å². The SMILES string of the molecule is COc1ccc(C=CC(=O)Cl)cc1OC. The van der Waals surface area contributed by atoms with Gasteiger partial charge in [-0.15, -0.1) is 0 Å². The minimum absolute atomic E-state index is 0.509. The molecule has 15 heavy (non-hydrogen) atoms. The Bertz CT molecular complexity index is 385. The molecule has 0 aliphatic carbocycles. The van der Waals surface area contributed by atoms with Crippen LogP contribution in [-0.4, -0.2) is 19.5 Å². The largest absolute Gasteiger partial charge is 0.493 e. The average molecular weight is 227 g/mol. The molecule has 0 saturated heterocycles. The van der Waals surface area contributed by atoms with E-state index in [1.54, 1.807) is 38.5 Å². The number of allylic oxidation sites excluding steroid dienone is 1. The molecule has 0 fully saturated rings. The summed E-state index contributed by atoms with van der Waals surface area (Å²) in [7, 11) is 3.12. The Balaban J connectivity index is 2.97. The number of rotatable bonds is 4. The Hall–Kier alpha value is -1.48. The van der Waals surface area contributed by atoms with Crippen molar-refractivity contribution in [2.45, 2.75) is 0 Å².